The molecule has 0 spiro atoms. The van der Waals surface area contributed by atoms with E-state index in [4.69, 9.17) is 22.3 Å². The van der Waals surface area contributed by atoms with Gasteiger partial charge in [0.05, 0.1) is 28.4 Å². The van der Waals surface area contributed by atoms with Crippen LogP contribution in [0.1, 0.15) is 89.6 Å². The molecule has 7 heteroatoms. The molecule has 0 fully saturated rings. The number of benzene rings is 6. The smallest absolute Gasteiger partial charge is 0.393 e. The third kappa shape index (κ3) is 4.99. The second-order valence-corrected chi connectivity index (χ2v) is 16.6. The van der Waals surface area contributed by atoms with Crippen molar-refractivity contribution >= 4 is 56.8 Å². The van der Waals surface area contributed by atoms with Crippen LogP contribution in [0.25, 0.3) is 49.7 Å². The van der Waals surface area contributed by atoms with Crippen molar-refractivity contribution in [1.82, 2.24) is 14.4 Å². The number of imidazole rings is 1. The van der Waals surface area contributed by atoms with Crippen LogP contribution < -0.4 is 15.1 Å². The molecule has 0 bridgehead atoms. The minimum atomic E-state index is -2.96. The van der Waals surface area contributed by atoms with Gasteiger partial charge in [-0.25, -0.2) is 0 Å². The molecule has 4 aliphatic rings. The van der Waals surface area contributed by atoms with E-state index in [0.29, 0.717) is 38.4 Å². The Morgan fingerprint density at radius 3 is 2.36 bits per heavy atom. The average Bonchev–Trinajstić information content (AvgIpc) is 3.97. The maximum atomic E-state index is 8.69. The summed E-state index contributed by atoms with van der Waals surface area (Å²) in [6.45, 7) is -2.21. The average molecular weight is 975 g/mol. The number of aryl methyl sites for hydroxylation is 3. The van der Waals surface area contributed by atoms with E-state index in [0.717, 1.165) is 5.69 Å². The first-order valence-electron chi connectivity index (χ1n) is 25.0. The predicted octanol–water partition coefficient (Wildman–Crippen LogP) is 11.8. The first-order chi connectivity index (χ1) is 32.9. The molecule has 1 radical (unpaired) electrons. The van der Waals surface area contributed by atoms with Crippen LogP contribution in [0.15, 0.2) is 128 Å². The fourth-order valence-corrected chi connectivity index (χ4v) is 10.8. The van der Waals surface area contributed by atoms with Crippen molar-refractivity contribution in [3.63, 3.8) is 0 Å². The molecule has 0 saturated carbocycles. The van der Waals surface area contributed by atoms with Crippen molar-refractivity contribution in [3.05, 3.63) is 184 Å². The standard InChI is InChI=1S/C27H21BN3.C27H23N2.Ir/c1-16-8-6-9-17(2)25(16)28-30(3)22-14-15-29-26-24-20-11-5-4-10-18(20)19-12-7-13-21(23(19)24)31(28)27(22)26;1-16-14-15-19-17(2)27(3,4)25-23(18-10-6-5-7-11-18)28-26-21-13-9-8-12-20(21)22(16)24(19)29(25)26;/h4-10,12-15,24H,1-3H3;5-12,14-15,17H,1-4H3;/q2*-1;/i;1D3,3D3,4D3;. The molecular formula is C54H44BIrN5-2. The second kappa shape index (κ2) is 13.5. The van der Waals surface area contributed by atoms with E-state index in [2.05, 4.69) is 97.2 Å². The van der Waals surface area contributed by atoms with Gasteiger partial charge in [-0.15, -0.1) is 40.8 Å². The van der Waals surface area contributed by atoms with Gasteiger partial charge in [-0.2, -0.15) is 24.3 Å². The Bertz CT molecular complexity index is 3610. The van der Waals surface area contributed by atoms with Crippen molar-refractivity contribution in [1.29, 1.82) is 0 Å². The molecule has 6 aromatic carbocycles. The third-order valence-corrected chi connectivity index (χ3v) is 13.5. The van der Waals surface area contributed by atoms with Crippen LogP contribution in [0.3, 0.4) is 0 Å². The summed E-state index contributed by atoms with van der Waals surface area (Å²) in [5.74, 6) is -0.866. The number of fused-ring (bicyclic) bond motifs is 8. The fourth-order valence-electron chi connectivity index (χ4n) is 10.8. The van der Waals surface area contributed by atoms with E-state index < -0.39 is 31.9 Å². The van der Waals surface area contributed by atoms with Crippen molar-refractivity contribution in [3.8, 4) is 22.4 Å². The monoisotopic (exact) mass is 975 g/mol. The van der Waals surface area contributed by atoms with E-state index in [9.17, 15) is 0 Å². The Kier molecular flexibility index (Phi) is 6.48. The summed E-state index contributed by atoms with van der Waals surface area (Å²) in [4.78, 5) is 14.8. The summed E-state index contributed by atoms with van der Waals surface area (Å²) in [5.41, 5.74) is 14.1. The van der Waals surface area contributed by atoms with Crippen LogP contribution in [-0.2, 0) is 25.5 Å². The second-order valence-electron chi connectivity index (χ2n) is 16.6. The van der Waals surface area contributed by atoms with Gasteiger partial charge < -0.3 is 14.0 Å². The van der Waals surface area contributed by atoms with Crippen LogP contribution in [0.2, 0.25) is 0 Å². The molecule has 0 amide bonds. The summed E-state index contributed by atoms with van der Waals surface area (Å²) in [6.07, 6.45) is 1.98. The minimum absolute atomic E-state index is 0. The summed E-state index contributed by atoms with van der Waals surface area (Å²) >= 11 is 0. The summed E-state index contributed by atoms with van der Waals surface area (Å²) in [5, 5.41) is 1.53. The molecule has 299 valence electrons. The van der Waals surface area contributed by atoms with Crippen LogP contribution in [-0.4, -0.2) is 28.4 Å². The topological polar surface area (TPSA) is 36.7 Å². The number of pyridine rings is 2. The van der Waals surface area contributed by atoms with Crippen LogP contribution >= 0.6 is 0 Å². The molecule has 0 saturated heterocycles. The fraction of sp³-hybridized carbons (Fsp3) is 0.185. The molecule has 1 aliphatic carbocycles. The van der Waals surface area contributed by atoms with Gasteiger partial charge in [0.15, 0.2) is 0 Å². The summed E-state index contributed by atoms with van der Waals surface area (Å²) in [6, 6.07) is 45.8. The Labute approximate surface area is 384 Å². The first kappa shape index (κ1) is 29.3. The van der Waals surface area contributed by atoms with Crippen LogP contribution in [0.5, 0.6) is 0 Å². The van der Waals surface area contributed by atoms with Gasteiger partial charge in [0.25, 0.3) is 0 Å². The number of aromatic nitrogens is 3. The number of hydrogen-bond donors (Lipinski definition) is 0. The molecule has 61 heavy (non-hydrogen) atoms. The van der Waals surface area contributed by atoms with Crippen molar-refractivity contribution in [2.24, 2.45) is 0 Å². The van der Waals surface area contributed by atoms with E-state index in [1.165, 1.54) is 62.0 Å². The molecule has 2 unspecified atom stereocenters. The number of hydrogen-bond acceptors (Lipinski definition) is 4. The maximum absolute atomic E-state index is 8.69. The Morgan fingerprint density at radius 2 is 1.56 bits per heavy atom. The zero-order valence-electron chi connectivity index (χ0n) is 42.9. The molecule has 13 rings (SSSR count). The van der Waals surface area contributed by atoms with Crippen molar-refractivity contribution in [2.75, 3.05) is 16.7 Å². The van der Waals surface area contributed by atoms with Gasteiger partial charge in [-0.05, 0) is 67.8 Å². The maximum Gasteiger partial charge on any atom is 0.416 e. The molecule has 0 N–H and O–H groups in total. The molecule has 5 nitrogen and oxygen atoms in total. The van der Waals surface area contributed by atoms with Gasteiger partial charge in [-0.3, -0.25) is 9.97 Å². The van der Waals surface area contributed by atoms with Gasteiger partial charge >= 0.3 is 6.98 Å². The molecule has 3 aliphatic heterocycles. The SMILES string of the molecule is Cc1cccc(C)c1B1N(C)c2ccnc3c2N1c1cccc2c1C3c1[c-]cccc1-2.[2H]C([2H])([2H])c1ccc2c3c1c1ccc[c-]c1c1nc(-c4ccccc4)c(n13)C(C([2H])([2H])[2H])(C([2H])([2H])[2H])C2C.[Ir]. The number of rotatable bonds is 2. The summed E-state index contributed by atoms with van der Waals surface area (Å²) in [7, 11) is 2.22. The molecule has 2 atom stereocenters. The zero-order valence-corrected chi connectivity index (χ0v) is 36.3. The summed E-state index contributed by atoms with van der Waals surface area (Å²) < 4.78 is 78.6. The van der Waals surface area contributed by atoms with Crippen LogP contribution in [0, 0.1) is 32.8 Å². The quantitative estimate of drug-likeness (QED) is 0.0983. The van der Waals surface area contributed by atoms with Gasteiger partial charge in [0, 0.05) is 72.4 Å². The van der Waals surface area contributed by atoms with Crippen molar-refractivity contribution in [2.45, 2.75) is 58.6 Å². The van der Waals surface area contributed by atoms with Crippen molar-refractivity contribution < 1.29 is 32.4 Å². The molecule has 6 heterocycles. The number of nitrogens with zero attached hydrogens (tertiary/aromatic N) is 5. The largest absolute Gasteiger partial charge is 0.416 e. The third-order valence-electron chi connectivity index (χ3n) is 13.5. The van der Waals surface area contributed by atoms with Gasteiger partial charge in [0.1, 0.15) is 0 Å². The Balaban J connectivity index is 0.000000153. The van der Waals surface area contributed by atoms with Gasteiger partial charge in [0.2, 0.25) is 0 Å². The van der Waals surface area contributed by atoms with E-state index in [1.54, 1.807) is 59.9 Å². The zero-order chi connectivity index (χ0) is 48.3. The van der Waals surface area contributed by atoms with Crippen LogP contribution in [0.4, 0.5) is 17.1 Å². The van der Waals surface area contributed by atoms with E-state index >= 15 is 0 Å². The molecule has 3 aromatic heterocycles. The van der Waals surface area contributed by atoms with E-state index in [-0.39, 0.29) is 50.0 Å². The normalized spacial score (nSPS) is 19.8. The number of anilines is 3. The predicted molar refractivity (Wildman–Crippen MR) is 248 cm³/mol. The molecule has 9 aromatic rings. The molecular weight excluding hydrogens is 922 g/mol. The van der Waals surface area contributed by atoms with E-state index in [1.807, 2.05) is 18.3 Å². The Hall–Kier alpha value is -6.01. The first-order valence-corrected chi connectivity index (χ1v) is 20.5. The minimum Gasteiger partial charge on any atom is -0.393 e. The Morgan fingerprint density at radius 1 is 0.787 bits per heavy atom. The van der Waals surface area contributed by atoms with Gasteiger partial charge in [-0.1, -0.05) is 121 Å².